The van der Waals surface area contributed by atoms with Gasteiger partial charge in [-0.25, -0.2) is 0 Å². The Hall–Kier alpha value is -4.14. The first-order chi connectivity index (χ1) is 16.4. The fraction of sp³-hybridized carbons (Fsp3) is 0. The lowest BCUT2D eigenvalue weighted by Gasteiger charge is -2.26. The lowest BCUT2D eigenvalue weighted by molar-refractivity contribution is 0.0994. The smallest absolute Gasteiger partial charge is 0.264 e. The summed E-state index contributed by atoms with van der Waals surface area (Å²) in [6, 6.07) is 28.1. The summed E-state index contributed by atoms with van der Waals surface area (Å²) in [6.45, 7) is 0. The fourth-order valence-corrected chi connectivity index (χ4v) is 4.11. The Labute approximate surface area is 207 Å². The molecule has 0 aliphatic heterocycles. The Balaban J connectivity index is 1.88. The van der Waals surface area contributed by atoms with Crippen molar-refractivity contribution in [2.24, 2.45) is 11.5 Å². The molecule has 0 aliphatic carbocycles. The summed E-state index contributed by atoms with van der Waals surface area (Å²) >= 11 is 10.5. The lowest BCUT2D eigenvalue weighted by atomic mass is 10.0. The molecule has 0 saturated heterocycles. The quantitative estimate of drug-likeness (QED) is 0.411. The summed E-state index contributed by atoms with van der Waals surface area (Å²) in [6.07, 6.45) is 0. The van der Waals surface area contributed by atoms with Crippen LogP contribution in [0.3, 0.4) is 0 Å². The average Bonchev–Trinajstić information content (AvgIpc) is 2.85. The van der Waals surface area contributed by atoms with Crippen LogP contribution in [0.2, 0.25) is 0 Å². The summed E-state index contributed by atoms with van der Waals surface area (Å²) in [5.74, 6) is -0.727. The summed E-state index contributed by atoms with van der Waals surface area (Å²) in [7, 11) is 0. The van der Waals surface area contributed by atoms with Crippen molar-refractivity contribution in [3.05, 3.63) is 108 Å². The maximum Gasteiger partial charge on any atom is 0.264 e. The Morgan fingerprint density at radius 3 is 1.21 bits per heavy atom. The van der Waals surface area contributed by atoms with Gasteiger partial charge < -0.3 is 11.5 Å². The van der Waals surface area contributed by atoms with Gasteiger partial charge in [-0.2, -0.15) is 0 Å². The summed E-state index contributed by atoms with van der Waals surface area (Å²) in [4.78, 5) is 29.2. The Kier molecular flexibility index (Phi) is 6.62. The first-order valence-corrected chi connectivity index (χ1v) is 11.1. The van der Waals surface area contributed by atoms with Crippen LogP contribution in [0, 0.1) is 0 Å². The normalized spacial score (nSPS) is 10.5. The van der Waals surface area contributed by atoms with Gasteiger partial charge in [-0.3, -0.25) is 19.4 Å². The standard InChI is InChI=1S/C26H20N4O2S2/c27-25(33)29(23(31)17-9-3-1-4-10-17)21-15-7-14-20-19(21)13-8-16-22(20)30(26(28)34)24(32)18-11-5-2-6-12-18/h1-16H,(H2,27,33)(H2,28,34). The van der Waals surface area contributed by atoms with Gasteiger partial charge in [0.1, 0.15) is 0 Å². The number of hydrogen-bond acceptors (Lipinski definition) is 4. The fourth-order valence-electron chi connectivity index (χ4n) is 3.74. The van der Waals surface area contributed by atoms with Crippen LogP contribution in [0.25, 0.3) is 10.8 Å². The third-order valence-corrected chi connectivity index (χ3v) is 5.61. The minimum Gasteiger partial charge on any atom is -0.376 e. The third kappa shape index (κ3) is 4.36. The predicted octanol–water partition coefficient (Wildman–Crippen LogP) is 4.62. The van der Waals surface area contributed by atoms with E-state index in [4.69, 9.17) is 35.9 Å². The molecule has 0 bridgehead atoms. The van der Waals surface area contributed by atoms with Crippen LogP contribution in [-0.2, 0) is 0 Å². The van der Waals surface area contributed by atoms with Crippen LogP contribution in [0.1, 0.15) is 20.7 Å². The van der Waals surface area contributed by atoms with E-state index in [1.165, 1.54) is 9.80 Å². The molecule has 0 fully saturated rings. The van der Waals surface area contributed by atoms with Gasteiger partial charge >= 0.3 is 0 Å². The molecular weight excluding hydrogens is 464 g/mol. The summed E-state index contributed by atoms with van der Waals surface area (Å²) in [5, 5.41) is 1.11. The Bertz CT molecular complexity index is 1300. The molecule has 4 aromatic rings. The second kappa shape index (κ2) is 9.78. The average molecular weight is 485 g/mol. The molecule has 0 atom stereocenters. The number of carbonyl (C=O) groups is 2. The van der Waals surface area contributed by atoms with E-state index in [1.54, 1.807) is 72.8 Å². The van der Waals surface area contributed by atoms with Crippen LogP contribution in [-0.4, -0.2) is 22.0 Å². The molecule has 0 aromatic heterocycles. The number of amides is 2. The minimum absolute atomic E-state index is 0.0988. The first-order valence-electron chi connectivity index (χ1n) is 10.3. The van der Waals surface area contributed by atoms with Gasteiger partial charge in [0, 0.05) is 21.9 Å². The number of nitrogens with zero attached hydrogens (tertiary/aromatic N) is 2. The molecule has 0 radical (unpaired) electrons. The molecule has 6 nitrogen and oxygen atoms in total. The molecule has 168 valence electrons. The number of nitrogens with two attached hydrogens (primary N) is 2. The van der Waals surface area contributed by atoms with E-state index < -0.39 is 0 Å². The zero-order valence-corrected chi connectivity index (χ0v) is 19.6. The van der Waals surface area contributed by atoms with E-state index in [0.29, 0.717) is 33.3 Å². The van der Waals surface area contributed by atoms with Crippen molar-refractivity contribution in [1.29, 1.82) is 0 Å². The maximum atomic E-state index is 13.3. The summed E-state index contributed by atoms with van der Waals surface area (Å²) < 4.78 is 0. The van der Waals surface area contributed by atoms with E-state index in [1.807, 2.05) is 24.3 Å². The van der Waals surface area contributed by atoms with Crippen molar-refractivity contribution < 1.29 is 9.59 Å². The van der Waals surface area contributed by atoms with Gasteiger partial charge in [-0.05, 0) is 60.8 Å². The van der Waals surface area contributed by atoms with Gasteiger partial charge in [0.05, 0.1) is 11.4 Å². The highest BCUT2D eigenvalue weighted by Gasteiger charge is 2.25. The monoisotopic (exact) mass is 484 g/mol. The topological polar surface area (TPSA) is 92.7 Å². The molecule has 0 aliphatic rings. The largest absolute Gasteiger partial charge is 0.376 e. The highest BCUT2D eigenvalue weighted by atomic mass is 32.1. The minimum atomic E-state index is -0.363. The van der Waals surface area contributed by atoms with Crippen LogP contribution in [0.4, 0.5) is 11.4 Å². The lowest BCUT2D eigenvalue weighted by Crippen LogP contribution is -2.41. The number of fused-ring (bicyclic) bond motifs is 1. The van der Waals surface area contributed by atoms with Crippen molar-refractivity contribution in [2.75, 3.05) is 9.80 Å². The zero-order valence-electron chi connectivity index (χ0n) is 17.9. The Morgan fingerprint density at radius 1 is 0.529 bits per heavy atom. The number of carbonyl (C=O) groups excluding carboxylic acids is 2. The van der Waals surface area contributed by atoms with Gasteiger partial charge in [-0.1, -0.05) is 60.7 Å². The number of rotatable bonds is 4. The zero-order chi connectivity index (χ0) is 24.2. The molecule has 4 rings (SSSR count). The van der Waals surface area contributed by atoms with Crippen molar-refractivity contribution in [1.82, 2.24) is 0 Å². The summed E-state index contributed by atoms with van der Waals surface area (Å²) in [5.41, 5.74) is 13.8. The molecule has 2 amide bonds. The van der Waals surface area contributed by atoms with E-state index in [9.17, 15) is 9.59 Å². The molecule has 4 N–H and O–H groups in total. The predicted molar refractivity (Wildman–Crippen MR) is 144 cm³/mol. The SMILES string of the molecule is NC(=S)N(C(=O)c1ccccc1)c1cccc2c(N(C(=O)c3ccccc3)C(N)=S)cccc12. The second-order valence-electron chi connectivity index (χ2n) is 7.34. The molecule has 34 heavy (non-hydrogen) atoms. The van der Waals surface area contributed by atoms with Crippen molar-refractivity contribution >= 4 is 68.6 Å². The molecule has 0 saturated carbocycles. The van der Waals surface area contributed by atoms with Crippen LogP contribution in [0.5, 0.6) is 0 Å². The highest BCUT2D eigenvalue weighted by Crippen LogP contribution is 2.34. The number of hydrogen-bond donors (Lipinski definition) is 2. The van der Waals surface area contributed by atoms with Crippen molar-refractivity contribution in [2.45, 2.75) is 0 Å². The molecule has 0 unspecified atom stereocenters. The van der Waals surface area contributed by atoms with Crippen LogP contribution in [0.15, 0.2) is 97.1 Å². The van der Waals surface area contributed by atoms with E-state index in [2.05, 4.69) is 0 Å². The van der Waals surface area contributed by atoms with Gasteiger partial charge in [0.2, 0.25) is 0 Å². The van der Waals surface area contributed by atoms with E-state index in [0.717, 1.165) is 0 Å². The van der Waals surface area contributed by atoms with E-state index >= 15 is 0 Å². The highest BCUT2D eigenvalue weighted by molar-refractivity contribution is 7.80. The number of thiocarbonyl (C=S) groups is 2. The van der Waals surface area contributed by atoms with Gasteiger partial charge in [-0.15, -0.1) is 0 Å². The van der Waals surface area contributed by atoms with Gasteiger partial charge in [0.25, 0.3) is 11.8 Å². The maximum absolute atomic E-state index is 13.3. The van der Waals surface area contributed by atoms with Crippen molar-refractivity contribution in [3.8, 4) is 0 Å². The first kappa shape index (κ1) is 23.0. The molecular formula is C26H20N4O2S2. The molecule has 0 heterocycles. The Morgan fingerprint density at radius 2 is 0.882 bits per heavy atom. The molecule has 8 heteroatoms. The molecule has 0 spiro atoms. The number of anilines is 2. The molecule has 4 aromatic carbocycles. The van der Waals surface area contributed by atoms with E-state index in [-0.39, 0.29) is 22.0 Å². The number of benzene rings is 4. The third-order valence-electron chi connectivity index (χ3n) is 5.25. The van der Waals surface area contributed by atoms with Gasteiger partial charge in [0.15, 0.2) is 10.2 Å². The second-order valence-corrected chi connectivity index (χ2v) is 8.18. The van der Waals surface area contributed by atoms with Crippen LogP contribution < -0.4 is 21.3 Å². The van der Waals surface area contributed by atoms with Crippen LogP contribution >= 0.6 is 24.4 Å². The van der Waals surface area contributed by atoms with Crippen molar-refractivity contribution in [3.63, 3.8) is 0 Å².